The maximum absolute atomic E-state index is 12.2. The summed E-state index contributed by atoms with van der Waals surface area (Å²) in [7, 11) is 0. The number of amides is 1. The third kappa shape index (κ3) is 6.48. The Morgan fingerprint density at radius 3 is 2.55 bits per heavy atom. The van der Waals surface area contributed by atoms with Crippen LogP contribution in [0.25, 0.3) is 0 Å². The van der Waals surface area contributed by atoms with Crippen LogP contribution in [-0.4, -0.2) is 18.6 Å². The lowest BCUT2D eigenvalue weighted by molar-refractivity contribution is -0.122. The molecule has 0 aliphatic heterocycles. The molecule has 2 atom stereocenters. The first-order valence-corrected chi connectivity index (χ1v) is 8.20. The fourth-order valence-electron chi connectivity index (χ4n) is 2.42. The zero-order valence-electron chi connectivity index (χ0n) is 14.3. The number of carbonyl (C=O) groups is 1. The van der Waals surface area contributed by atoms with Crippen molar-refractivity contribution in [2.75, 3.05) is 6.61 Å². The molecule has 0 spiro atoms. The average Bonchev–Trinajstić information content (AvgIpc) is 2.45. The molecule has 0 heterocycles. The molecule has 0 aliphatic carbocycles. The zero-order valence-corrected chi connectivity index (χ0v) is 14.3. The van der Waals surface area contributed by atoms with Crippen molar-refractivity contribution in [1.82, 2.24) is 5.32 Å². The Hall–Kier alpha value is -1.55. The Morgan fingerprint density at radius 1 is 1.27 bits per heavy atom. The molecule has 0 fully saturated rings. The van der Waals surface area contributed by atoms with E-state index in [1.54, 1.807) is 0 Å². The molecule has 0 saturated heterocycles. The summed E-state index contributed by atoms with van der Waals surface area (Å²) in [6.45, 7) is 8.82. The summed E-state index contributed by atoms with van der Waals surface area (Å²) >= 11 is 0. The lowest BCUT2D eigenvalue weighted by Crippen LogP contribution is -2.31. The molecule has 0 bridgehead atoms. The molecule has 0 aromatic heterocycles. The van der Waals surface area contributed by atoms with Gasteiger partial charge in [0, 0.05) is 18.0 Å². The number of nitrogens with two attached hydrogens (primary N) is 1. The van der Waals surface area contributed by atoms with E-state index < -0.39 is 0 Å². The lowest BCUT2D eigenvalue weighted by Gasteiger charge is -2.23. The second-order valence-electron chi connectivity index (χ2n) is 6.24. The fourth-order valence-corrected chi connectivity index (χ4v) is 2.42. The van der Waals surface area contributed by atoms with Gasteiger partial charge in [-0.25, -0.2) is 0 Å². The van der Waals surface area contributed by atoms with Crippen LogP contribution in [0.5, 0.6) is 5.75 Å². The molecular formula is C18H30N2O2. The number of hydrogen-bond acceptors (Lipinski definition) is 3. The van der Waals surface area contributed by atoms with Gasteiger partial charge < -0.3 is 15.8 Å². The van der Waals surface area contributed by atoms with Crippen LogP contribution in [0, 0.1) is 5.92 Å². The number of carbonyl (C=O) groups excluding carboxylic acids is 1. The van der Waals surface area contributed by atoms with Gasteiger partial charge in [0.15, 0.2) is 0 Å². The number of nitrogens with one attached hydrogen (secondary N) is 1. The van der Waals surface area contributed by atoms with Crippen LogP contribution in [0.2, 0.25) is 0 Å². The van der Waals surface area contributed by atoms with Gasteiger partial charge in [0.05, 0.1) is 12.6 Å². The van der Waals surface area contributed by atoms with Crippen molar-refractivity contribution in [3.8, 4) is 5.75 Å². The minimum atomic E-state index is -0.0247. The average molecular weight is 306 g/mol. The minimum absolute atomic E-state index is 0.0247. The van der Waals surface area contributed by atoms with Crippen molar-refractivity contribution in [2.24, 2.45) is 11.7 Å². The van der Waals surface area contributed by atoms with Gasteiger partial charge in [0.1, 0.15) is 5.75 Å². The van der Waals surface area contributed by atoms with Crippen LogP contribution in [-0.2, 0) is 4.79 Å². The Morgan fingerprint density at radius 2 is 1.95 bits per heavy atom. The molecule has 4 heteroatoms. The Bertz CT molecular complexity index is 458. The van der Waals surface area contributed by atoms with E-state index in [2.05, 4.69) is 19.2 Å². The minimum Gasteiger partial charge on any atom is -0.494 e. The van der Waals surface area contributed by atoms with E-state index in [-0.39, 0.29) is 18.0 Å². The second kappa shape index (κ2) is 9.46. The summed E-state index contributed by atoms with van der Waals surface area (Å²) in [5.41, 5.74) is 6.78. The molecule has 3 N–H and O–H groups in total. The van der Waals surface area contributed by atoms with Crippen LogP contribution in [0.3, 0.4) is 0 Å². The van der Waals surface area contributed by atoms with Gasteiger partial charge in [-0.05, 0) is 38.7 Å². The fraction of sp³-hybridized carbons (Fsp3) is 0.611. The number of benzene rings is 1. The van der Waals surface area contributed by atoms with Crippen LogP contribution in [0.4, 0.5) is 0 Å². The monoisotopic (exact) mass is 306 g/mol. The van der Waals surface area contributed by atoms with Crippen LogP contribution in [0.15, 0.2) is 24.3 Å². The van der Waals surface area contributed by atoms with Gasteiger partial charge in [-0.1, -0.05) is 32.0 Å². The highest BCUT2D eigenvalue weighted by Crippen LogP contribution is 2.29. The summed E-state index contributed by atoms with van der Waals surface area (Å²) in [5.74, 6) is 1.38. The zero-order chi connectivity index (χ0) is 16.5. The summed E-state index contributed by atoms with van der Waals surface area (Å²) < 4.78 is 5.71. The molecule has 1 amide bonds. The molecule has 124 valence electrons. The molecule has 4 nitrogen and oxygen atoms in total. The van der Waals surface area contributed by atoms with Gasteiger partial charge >= 0.3 is 0 Å². The smallest absolute Gasteiger partial charge is 0.220 e. The molecule has 1 rings (SSSR count). The van der Waals surface area contributed by atoms with Crippen molar-refractivity contribution < 1.29 is 9.53 Å². The lowest BCUT2D eigenvalue weighted by atomic mass is 9.96. The molecule has 0 saturated carbocycles. The second-order valence-corrected chi connectivity index (χ2v) is 6.24. The number of ether oxygens (including phenoxy) is 1. The molecule has 1 aromatic carbocycles. The summed E-state index contributed by atoms with van der Waals surface area (Å²) in [6.07, 6.45) is 2.05. The van der Waals surface area contributed by atoms with Gasteiger partial charge in [-0.3, -0.25) is 4.79 Å². The van der Waals surface area contributed by atoms with E-state index in [1.807, 2.05) is 38.1 Å². The molecular weight excluding hydrogens is 276 g/mol. The van der Waals surface area contributed by atoms with E-state index >= 15 is 0 Å². The summed E-state index contributed by atoms with van der Waals surface area (Å²) in [4.78, 5) is 12.2. The highest BCUT2D eigenvalue weighted by atomic mass is 16.5. The highest BCUT2D eigenvalue weighted by molar-refractivity contribution is 5.76. The highest BCUT2D eigenvalue weighted by Gasteiger charge is 2.19. The van der Waals surface area contributed by atoms with Crippen LogP contribution in [0.1, 0.15) is 58.6 Å². The van der Waals surface area contributed by atoms with Crippen LogP contribution >= 0.6 is 0 Å². The maximum atomic E-state index is 12.2. The first-order chi connectivity index (χ1) is 10.4. The Labute approximate surface area is 134 Å². The van der Waals surface area contributed by atoms with Gasteiger partial charge in [0.2, 0.25) is 5.91 Å². The van der Waals surface area contributed by atoms with E-state index in [1.165, 1.54) is 0 Å². The molecule has 0 aliphatic rings. The van der Waals surface area contributed by atoms with Gasteiger partial charge in [0.25, 0.3) is 0 Å². The van der Waals surface area contributed by atoms with E-state index in [0.29, 0.717) is 25.4 Å². The third-order valence-electron chi connectivity index (χ3n) is 3.46. The predicted molar refractivity (Wildman–Crippen MR) is 90.8 cm³/mol. The Kier molecular flexibility index (Phi) is 7.96. The van der Waals surface area contributed by atoms with E-state index in [9.17, 15) is 4.79 Å². The summed E-state index contributed by atoms with van der Waals surface area (Å²) in [5, 5.41) is 3.14. The number of rotatable bonds is 9. The molecule has 0 radical (unpaired) electrons. The van der Waals surface area contributed by atoms with E-state index in [4.69, 9.17) is 10.5 Å². The third-order valence-corrected chi connectivity index (χ3v) is 3.46. The largest absolute Gasteiger partial charge is 0.494 e. The molecule has 22 heavy (non-hydrogen) atoms. The van der Waals surface area contributed by atoms with Gasteiger partial charge in [-0.15, -0.1) is 0 Å². The van der Waals surface area contributed by atoms with Crippen molar-refractivity contribution in [3.63, 3.8) is 0 Å². The summed E-state index contributed by atoms with van der Waals surface area (Å²) in [6, 6.07) is 7.95. The van der Waals surface area contributed by atoms with Crippen molar-refractivity contribution in [1.29, 1.82) is 0 Å². The number of hydrogen-bond donors (Lipinski definition) is 2. The maximum Gasteiger partial charge on any atom is 0.220 e. The van der Waals surface area contributed by atoms with Crippen molar-refractivity contribution in [3.05, 3.63) is 29.8 Å². The van der Waals surface area contributed by atoms with Crippen LogP contribution < -0.4 is 15.8 Å². The van der Waals surface area contributed by atoms with Gasteiger partial charge in [-0.2, -0.15) is 0 Å². The first-order valence-electron chi connectivity index (χ1n) is 8.20. The first kappa shape index (κ1) is 18.5. The topological polar surface area (TPSA) is 64.3 Å². The predicted octanol–water partition coefficient (Wildman–Crippen LogP) is 3.42. The standard InChI is InChI=1S/C18H30N2O2/c1-5-22-17-9-7-6-8-15(17)16(12-13(2)3)20-18(21)11-10-14(4)19/h6-9,13-14,16H,5,10-12,19H2,1-4H3,(H,20,21). The SMILES string of the molecule is CCOc1ccccc1C(CC(C)C)NC(=O)CCC(C)N. The van der Waals surface area contributed by atoms with Crippen molar-refractivity contribution >= 4 is 5.91 Å². The van der Waals surface area contributed by atoms with E-state index in [0.717, 1.165) is 17.7 Å². The normalized spacial score (nSPS) is 13.7. The Balaban J connectivity index is 2.86. The quantitative estimate of drug-likeness (QED) is 0.735. The molecule has 1 aromatic rings. The van der Waals surface area contributed by atoms with Crippen molar-refractivity contribution in [2.45, 2.75) is 59.0 Å². The number of para-hydroxylation sites is 1. The molecule has 2 unspecified atom stereocenters.